The van der Waals surface area contributed by atoms with Crippen molar-refractivity contribution in [1.82, 2.24) is 0 Å². The van der Waals surface area contributed by atoms with Crippen LogP contribution in [0.3, 0.4) is 0 Å². The molecule has 1 fully saturated rings. The van der Waals surface area contributed by atoms with E-state index in [4.69, 9.17) is 0 Å². The van der Waals surface area contributed by atoms with Gasteiger partial charge >= 0.3 is 0 Å². The Morgan fingerprint density at radius 1 is 0.538 bits per heavy atom. The SMILES string of the molecule is c1ccc(-c2c(C3CCCCC3)ccc3c2ccc2ccccc23)cc1. The lowest BCUT2D eigenvalue weighted by Crippen LogP contribution is -2.06. The Bertz CT molecular complexity index is 1050. The minimum Gasteiger partial charge on any atom is -0.0622 e. The molecular formula is C26H24. The van der Waals surface area contributed by atoms with Crippen LogP contribution in [0.2, 0.25) is 0 Å². The van der Waals surface area contributed by atoms with Crippen LogP contribution in [0.25, 0.3) is 32.7 Å². The Kier molecular flexibility index (Phi) is 3.97. The van der Waals surface area contributed by atoms with Crippen molar-refractivity contribution in [3.63, 3.8) is 0 Å². The molecule has 1 aliphatic rings. The second kappa shape index (κ2) is 6.61. The van der Waals surface area contributed by atoms with Crippen molar-refractivity contribution in [3.05, 3.63) is 84.4 Å². The molecule has 1 saturated carbocycles. The third-order valence-corrected chi connectivity index (χ3v) is 6.07. The van der Waals surface area contributed by atoms with Crippen molar-refractivity contribution in [2.75, 3.05) is 0 Å². The molecule has 1 aliphatic carbocycles. The Morgan fingerprint density at radius 3 is 2.12 bits per heavy atom. The Labute approximate surface area is 155 Å². The third kappa shape index (κ3) is 2.61. The summed E-state index contributed by atoms with van der Waals surface area (Å²) in [5, 5.41) is 5.46. The molecule has 0 radical (unpaired) electrons. The average molecular weight is 336 g/mol. The molecule has 0 nitrogen and oxygen atoms in total. The molecule has 4 aromatic carbocycles. The predicted octanol–water partition coefficient (Wildman–Crippen LogP) is 7.71. The van der Waals surface area contributed by atoms with Crippen LogP contribution in [0, 0.1) is 0 Å². The van der Waals surface area contributed by atoms with Crippen molar-refractivity contribution in [2.45, 2.75) is 38.0 Å². The summed E-state index contributed by atoms with van der Waals surface area (Å²) in [7, 11) is 0. The predicted molar refractivity (Wildman–Crippen MR) is 113 cm³/mol. The summed E-state index contributed by atoms with van der Waals surface area (Å²) in [5.74, 6) is 0.704. The maximum Gasteiger partial charge on any atom is -0.00703 e. The standard InChI is InChI=1S/C26H24/c1-3-9-19(10-4-1)23-17-18-24-22-14-8-7-11-20(22)15-16-25(24)26(23)21-12-5-2-6-13-21/h2,5-8,11-19H,1,3-4,9-10H2. The van der Waals surface area contributed by atoms with Crippen LogP contribution in [0.5, 0.6) is 0 Å². The van der Waals surface area contributed by atoms with Gasteiger partial charge in [0.25, 0.3) is 0 Å². The molecule has 0 saturated heterocycles. The van der Waals surface area contributed by atoms with E-state index < -0.39 is 0 Å². The van der Waals surface area contributed by atoms with Crippen LogP contribution in [-0.4, -0.2) is 0 Å². The summed E-state index contributed by atoms with van der Waals surface area (Å²) in [5.41, 5.74) is 4.37. The number of hydrogen-bond donors (Lipinski definition) is 0. The fourth-order valence-electron chi connectivity index (χ4n) is 4.79. The minimum atomic E-state index is 0.704. The Hall–Kier alpha value is -2.60. The maximum atomic E-state index is 2.42. The van der Waals surface area contributed by atoms with Crippen LogP contribution < -0.4 is 0 Å². The molecule has 0 aliphatic heterocycles. The second-order valence-corrected chi connectivity index (χ2v) is 7.61. The van der Waals surface area contributed by atoms with E-state index in [-0.39, 0.29) is 0 Å². The molecule has 0 atom stereocenters. The highest BCUT2D eigenvalue weighted by molar-refractivity contribution is 6.12. The van der Waals surface area contributed by atoms with E-state index in [9.17, 15) is 0 Å². The van der Waals surface area contributed by atoms with Crippen LogP contribution in [-0.2, 0) is 0 Å². The average Bonchev–Trinajstić information content (AvgIpc) is 2.74. The van der Waals surface area contributed by atoms with Crippen molar-refractivity contribution < 1.29 is 0 Å². The van der Waals surface area contributed by atoms with Crippen molar-refractivity contribution >= 4 is 21.5 Å². The second-order valence-electron chi connectivity index (χ2n) is 7.61. The monoisotopic (exact) mass is 336 g/mol. The van der Waals surface area contributed by atoms with Gasteiger partial charge in [-0.3, -0.25) is 0 Å². The first kappa shape index (κ1) is 15.6. The quantitative estimate of drug-likeness (QED) is 0.329. The lowest BCUT2D eigenvalue weighted by atomic mass is 9.79. The highest BCUT2D eigenvalue weighted by Gasteiger charge is 2.21. The van der Waals surface area contributed by atoms with Crippen molar-refractivity contribution in [1.29, 1.82) is 0 Å². The smallest absolute Gasteiger partial charge is 0.00703 e. The molecular weight excluding hydrogens is 312 g/mol. The van der Waals surface area contributed by atoms with E-state index in [0.29, 0.717) is 5.92 Å². The zero-order valence-electron chi connectivity index (χ0n) is 15.1. The number of fused-ring (bicyclic) bond motifs is 3. The third-order valence-electron chi connectivity index (χ3n) is 6.07. The highest BCUT2D eigenvalue weighted by Crippen LogP contribution is 2.42. The summed E-state index contributed by atoms with van der Waals surface area (Å²) in [6.07, 6.45) is 6.80. The van der Waals surface area contributed by atoms with E-state index in [0.717, 1.165) is 0 Å². The van der Waals surface area contributed by atoms with Crippen molar-refractivity contribution in [3.8, 4) is 11.1 Å². The molecule has 0 heterocycles. The molecule has 0 heteroatoms. The van der Waals surface area contributed by atoms with E-state index in [1.54, 1.807) is 5.56 Å². The van der Waals surface area contributed by atoms with Gasteiger partial charge in [-0.2, -0.15) is 0 Å². The molecule has 0 spiro atoms. The normalized spacial score (nSPS) is 15.5. The zero-order valence-corrected chi connectivity index (χ0v) is 15.1. The minimum absolute atomic E-state index is 0.704. The van der Waals surface area contributed by atoms with E-state index in [1.165, 1.54) is 64.8 Å². The summed E-state index contributed by atoms with van der Waals surface area (Å²) < 4.78 is 0. The van der Waals surface area contributed by atoms with Gasteiger partial charge in [0.05, 0.1) is 0 Å². The lowest BCUT2D eigenvalue weighted by Gasteiger charge is -2.26. The zero-order chi connectivity index (χ0) is 17.3. The first-order valence-electron chi connectivity index (χ1n) is 9.91. The van der Waals surface area contributed by atoms with Crippen LogP contribution >= 0.6 is 0 Å². The number of hydrogen-bond acceptors (Lipinski definition) is 0. The first-order chi connectivity index (χ1) is 12.9. The topological polar surface area (TPSA) is 0 Å². The summed E-state index contributed by atoms with van der Waals surface area (Å²) in [6, 6.07) is 29.2. The molecule has 4 aromatic rings. The van der Waals surface area contributed by atoms with Gasteiger partial charge in [-0.05, 0) is 57.0 Å². The molecule has 0 N–H and O–H groups in total. The van der Waals surface area contributed by atoms with Gasteiger partial charge in [0.1, 0.15) is 0 Å². The highest BCUT2D eigenvalue weighted by atomic mass is 14.2. The van der Waals surface area contributed by atoms with Crippen molar-refractivity contribution in [2.24, 2.45) is 0 Å². The molecule has 0 aromatic heterocycles. The number of benzene rings is 4. The van der Waals surface area contributed by atoms with Crippen LogP contribution in [0.4, 0.5) is 0 Å². The van der Waals surface area contributed by atoms with Gasteiger partial charge < -0.3 is 0 Å². The lowest BCUT2D eigenvalue weighted by molar-refractivity contribution is 0.444. The maximum absolute atomic E-state index is 2.42. The summed E-state index contributed by atoms with van der Waals surface area (Å²) >= 11 is 0. The molecule has 0 amide bonds. The summed E-state index contributed by atoms with van der Waals surface area (Å²) in [4.78, 5) is 0. The first-order valence-corrected chi connectivity index (χ1v) is 9.91. The largest absolute Gasteiger partial charge is 0.0622 e. The van der Waals surface area contributed by atoms with Gasteiger partial charge in [0, 0.05) is 0 Å². The Morgan fingerprint density at radius 2 is 1.27 bits per heavy atom. The fourth-order valence-corrected chi connectivity index (χ4v) is 4.79. The molecule has 128 valence electrons. The van der Waals surface area contributed by atoms with Gasteiger partial charge in [-0.1, -0.05) is 98.1 Å². The van der Waals surface area contributed by atoms with Gasteiger partial charge in [0.2, 0.25) is 0 Å². The number of rotatable bonds is 2. The van der Waals surface area contributed by atoms with Gasteiger partial charge in [0.15, 0.2) is 0 Å². The molecule has 0 bridgehead atoms. The Balaban J connectivity index is 1.83. The molecule has 5 rings (SSSR count). The summed E-state index contributed by atoms with van der Waals surface area (Å²) in [6.45, 7) is 0. The van der Waals surface area contributed by atoms with E-state index in [2.05, 4.69) is 78.9 Å². The van der Waals surface area contributed by atoms with Crippen LogP contribution in [0.1, 0.15) is 43.6 Å². The fraction of sp³-hybridized carbons (Fsp3) is 0.231. The van der Waals surface area contributed by atoms with E-state index in [1.807, 2.05) is 0 Å². The molecule has 26 heavy (non-hydrogen) atoms. The van der Waals surface area contributed by atoms with Gasteiger partial charge in [-0.25, -0.2) is 0 Å². The molecule has 0 unspecified atom stereocenters. The van der Waals surface area contributed by atoms with E-state index >= 15 is 0 Å². The van der Waals surface area contributed by atoms with Crippen LogP contribution in [0.15, 0.2) is 78.9 Å². The van der Waals surface area contributed by atoms with Gasteiger partial charge in [-0.15, -0.1) is 0 Å².